The molecular formula is C15H29N3O. The van der Waals surface area contributed by atoms with Gasteiger partial charge in [0.05, 0.1) is 6.04 Å². The fourth-order valence-corrected chi connectivity index (χ4v) is 3.18. The van der Waals surface area contributed by atoms with Crippen molar-refractivity contribution in [3.63, 3.8) is 0 Å². The van der Waals surface area contributed by atoms with Gasteiger partial charge in [-0.3, -0.25) is 9.69 Å². The van der Waals surface area contributed by atoms with Gasteiger partial charge < -0.3 is 10.6 Å². The molecule has 0 radical (unpaired) electrons. The summed E-state index contributed by atoms with van der Waals surface area (Å²) >= 11 is 0. The summed E-state index contributed by atoms with van der Waals surface area (Å²) in [4.78, 5) is 14.4. The zero-order chi connectivity index (χ0) is 13.7. The van der Waals surface area contributed by atoms with E-state index in [4.69, 9.17) is 0 Å². The molecule has 4 heteroatoms. The predicted molar refractivity (Wildman–Crippen MR) is 78.1 cm³/mol. The van der Waals surface area contributed by atoms with E-state index in [9.17, 15) is 4.79 Å². The fraction of sp³-hybridized carbons (Fsp3) is 0.933. The molecular weight excluding hydrogens is 238 g/mol. The van der Waals surface area contributed by atoms with Crippen molar-refractivity contribution in [2.75, 3.05) is 20.1 Å². The SMILES string of the molecule is CC(C(=O)NC1CCCC1)N(C)CC1CCCCN1. The smallest absolute Gasteiger partial charge is 0.237 e. The molecule has 19 heavy (non-hydrogen) atoms. The van der Waals surface area contributed by atoms with Crippen LogP contribution in [0.2, 0.25) is 0 Å². The van der Waals surface area contributed by atoms with Gasteiger partial charge in [0.2, 0.25) is 5.91 Å². The third kappa shape index (κ3) is 4.46. The van der Waals surface area contributed by atoms with Crippen LogP contribution in [0.15, 0.2) is 0 Å². The van der Waals surface area contributed by atoms with Crippen LogP contribution < -0.4 is 10.6 Å². The molecule has 0 aromatic rings. The van der Waals surface area contributed by atoms with E-state index >= 15 is 0 Å². The van der Waals surface area contributed by atoms with Crippen LogP contribution in [0.3, 0.4) is 0 Å². The van der Waals surface area contributed by atoms with Crippen LogP contribution in [0.5, 0.6) is 0 Å². The molecule has 0 bridgehead atoms. The lowest BCUT2D eigenvalue weighted by Crippen LogP contribution is -2.50. The first-order valence-corrected chi connectivity index (χ1v) is 7.91. The summed E-state index contributed by atoms with van der Waals surface area (Å²) in [6.45, 7) is 4.12. The number of rotatable bonds is 5. The number of nitrogens with one attached hydrogen (secondary N) is 2. The predicted octanol–water partition coefficient (Wildman–Crippen LogP) is 1.51. The minimum atomic E-state index is -0.0238. The van der Waals surface area contributed by atoms with Crippen molar-refractivity contribution in [1.29, 1.82) is 0 Å². The Labute approximate surface area is 117 Å². The Morgan fingerprint density at radius 2 is 1.95 bits per heavy atom. The Morgan fingerprint density at radius 1 is 1.26 bits per heavy atom. The van der Waals surface area contributed by atoms with E-state index in [1.54, 1.807) is 0 Å². The first kappa shape index (κ1) is 14.8. The molecule has 0 spiro atoms. The first-order chi connectivity index (χ1) is 9.16. The lowest BCUT2D eigenvalue weighted by atomic mass is 10.0. The Morgan fingerprint density at radius 3 is 2.58 bits per heavy atom. The van der Waals surface area contributed by atoms with Crippen LogP contribution in [-0.4, -0.2) is 49.1 Å². The van der Waals surface area contributed by atoms with Gasteiger partial charge in [-0.2, -0.15) is 0 Å². The zero-order valence-electron chi connectivity index (χ0n) is 12.5. The zero-order valence-corrected chi connectivity index (χ0v) is 12.5. The van der Waals surface area contributed by atoms with E-state index in [1.165, 1.54) is 32.1 Å². The van der Waals surface area contributed by atoms with Gasteiger partial charge in [0.15, 0.2) is 0 Å². The molecule has 2 unspecified atom stereocenters. The number of carbonyl (C=O) groups excluding carboxylic acids is 1. The number of amides is 1. The normalized spacial score (nSPS) is 26.6. The molecule has 1 saturated carbocycles. The summed E-state index contributed by atoms with van der Waals surface area (Å²) in [5.41, 5.74) is 0. The number of likely N-dealkylation sites (N-methyl/N-ethyl adjacent to an activating group) is 1. The topological polar surface area (TPSA) is 44.4 Å². The average Bonchev–Trinajstić information content (AvgIpc) is 2.91. The van der Waals surface area contributed by atoms with Gasteiger partial charge in [-0.05, 0) is 46.2 Å². The second-order valence-electron chi connectivity index (χ2n) is 6.25. The van der Waals surface area contributed by atoms with Crippen LogP contribution in [0.25, 0.3) is 0 Å². The van der Waals surface area contributed by atoms with Gasteiger partial charge >= 0.3 is 0 Å². The maximum atomic E-state index is 12.2. The molecule has 2 N–H and O–H groups in total. The standard InChI is InChI=1S/C15H29N3O/c1-12(15(19)17-13-7-3-4-8-13)18(2)11-14-9-5-6-10-16-14/h12-14,16H,3-11H2,1-2H3,(H,17,19). The molecule has 1 heterocycles. The summed E-state index contributed by atoms with van der Waals surface area (Å²) in [6.07, 6.45) is 8.69. The van der Waals surface area contributed by atoms with E-state index in [-0.39, 0.29) is 11.9 Å². The minimum Gasteiger partial charge on any atom is -0.352 e. The van der Waals surface area contributed by atoms with Crippen LogP contribution in [0, 0.1) is 0 Å². The highest BCUT2D eigenvalue weighted by atomic mass is 16.2. The van der Waals surface area contributed by atoms with Crippen molar-refractivity contribution in [1.82, 2.24) is 15.5 Å². The number of carbonyl (C=O) groups is 1. The first-order valence-electron chi connectivity index (χ1n) is 7.91. The van der Waals surface area contributed by atoms with Gasteiger partial charge in [-0.1, -0.05) is 19.3 Å². The molecule has 1 aliphatic carbocycles. The molecule has 1 saturated heterocycles. The van der Waals surface area contributed by atoms with Crippen molar-refractivity contribution in [2.45, 2.75) is 70.0 Å². The molecule has 1 aliphatic heterocycles. The van der Waals surface area contributed by atoms with Crippen molar-refractivity contribution in [2.24, 2.45) is 0 Å². The lowest BCUT2D eigenvalue weighted by Gasteiger charge is -2.31. The number of nitrogens with zero attached hydrogens (tertiary/aromatic N) is 1. The van der Waals surface area contributed by atoms with Gasteiger partial charge in [0.25, 0.3) is 0 Å². The van der Waals surface area contributed by atoms with E-state index in [1.807, 2.05) is 6.92 Å². The van der Waals surface area contributed by atoms with Crippen molar-refractivity contribution in [3.05, 3.63) is 0 Å². The van der Waals surface area contributed by atoms with Crippen molar-refractivity contribution >= 4 is 5.91 Å². The highest BCUT2D eigenvalue weighted by molar-refractivity contribution is 5.81. The molecule has 2 aliphatic rings. The molecule has 1 amide bonds. The third-order valence-electron chi connectivity index (χ3n) is 4.66. The summed E-state index contributed by atoms with van der Waals surface area (Å²) in [7, 11) is 2.06. The lowest BCUT2D eigenvalue weighted by molar-refractivity contribution is -0.126. The Balaban J connectivity index is 1.73. The van der Waals surface area contributed by atoms with Gasteiger partial charge in [-0.15, -0.1) is 0 Å². The quantitative estimate of drug-likeness (QED) is 0.793. The van der Waals surface area contributed by atoms with E-state index in [0.29, 0.717) is 12.1 Å². The fourth-order valence-electron chi connectivity index (χ4n) is 3.18. The molecule has 2 atom stereocenters. The summed E-state index contributed by atoms with van der Waals surface area (Å²) in [5, 5.41) is 6.74. The Kier molecular flexibility index (Phi) is 5.64. The highest BCUT2D eigenvalue weighted by Crippen LogP contribution is 2.18. The van der Waals surface area contributed by atoms with Crippen molar-refractivity contribution < 1.29 is 4.79 Å². The van der Waals surface area contributed by atoms with Crippen LogP contribution in [0.4, 0.5) is 0 Å². The maximum Gasteiger partial charge on any atom is 0.237 e. The van der Waals surface area contributed by atoms with Gasteiger partial charge in [0, 0.05) is 18.6 Å². The number of hydrogen-bond acceptors (Lipinski definition) is 3. The van der Waals surface area contributed by atoms with Gasteiger partial charge in [-0.25, -0.2) is 0 Å². The number of piperidine rings is 1. The molecule has 2 fully saturated rings. The van der Waals surface area contributed by atoms with Crippen LogP contribution in [-0.2, 0) is 4.79 Å². The molecule has 4 nitrogen and oxygen atoms in total. The number of hydrogen-bond donors (Lipinski definition) is 2. The monoisotopic (exact) mass is 267 g/mol. The largest absolute Gasteiger partial charge is 0.352 e. The third-order valence-corrected chi connectivity index (χ3v) is 4.66. The summed E-state index contributed by atoms with van der Waals surface area (Å²) < 4.78 is 0. The van der Waals surface area contributed by atoms with Gasteiger partial charge in [0.1, 0.15) is 0 Å². The Bertz CT molecular complexity index is 283. The Hall–Kier alpha value is -0.610. The maximum absolute atomic E-state index is 12.2. The summed E-state index contributed by atoms with van der Waals surface area (Å²) in [5.74, 6) is 0.199. The average molecular weight is 267 g/mol. The summed E-state index contributed by atoms with van der Waals surface area (Å²) in [6, 6.07) is 0.959. The molecule has 2 rings (SSSR count). The second kappa shape index (κ2) is 7.25. The highest BCUT2D eigenvalue weighted by Gasteiger charge is 2.24. The molecule has 110 valence electrons. The minimum absolute atomic E-state index is 0.0238. The van der Waals surface area contributed by atoms with E-state index in [2.05, 4.69) is 22.6 Å². The van der Waals surface area contributed by atoms with Crippen LogP contribution >= 0.6 is 0 Å². The second-order valence-corrected chi connectivity index (χ2v) is 6.25. The van der Waals surface area contributed by atoms with E-state index in [0.717, 1.165) is 25.9 Å². The van der Waals surface area contributed by atoms with Crippen LogP contribution in [0.1, 0.15) is 51.9 Å². The van der Waals surface area contributed by atoms with Crippen molar-refractivity contribution in [3.8, 4) is 0 Å². The molecule has 0 aromatic carbocycles. The molecule has 0 aromatic heterocycles. The van der Waals surface area contributed by atoms with E-state index < -0.39 is 0 Å².